The second kappa shape index (κ2) is 8.75. The summed E-state index contributed by atoms with van der Waals surface area (Å²) >= 11 is 0. The molecule has 1 aliphatic rings. The van der Waals surface area contributed by atoms with E-state index in [1.54, 1.807) is 20.2 Å². The largest absolute Gasteiger partial charge is 0.493 e. The van der Waals surface area contributed by atoms with Crippen LogP contribution in [0, 0.1) is 0 Å². The number of para-hydroxylation sites is 2. The molecule has 0 unspecified atom stereocenters. The summed E-state index contributed by atoms with van der Waals surface area (Å²) in [6.07, 6.45) is 5.11. The Morgan fingerprint density at radius 2 is 1.89 bits per heavy atom. The van der Waals surface area contributed by atoms with Gasteiger partial charge in [0.1, 0.15) is 12.2 Å². The van der Waals surface area contributed by atoms with E-state index in [2.05, 4.69) is 4.98 Å². The number of aromatic nitrogens is 1. The van der Waals surface area contributed by atoms with Crippen LogP contribution >= 0.6 is 0 Å². The maximum Gasteiger partial charge on any atom is 0.261 e. The Hall–Kier alpha value is -2.76. The van der Waals surface area contributed by atoms with Gasteiger partial charge in [0.25, 0.3) is 11.5 Å². The molecule has 1 heterocycles. The first-order valence-electron chi connectivity index (χ1n) is 9.36. The molecular formula is C21H26N2O4. The summed E-state index contributed by atoms with van der Waals surface area (Å²) in [6.45, 7) is 0.679. The summed E-state index contributed by atoms with van der Waals surface area (Å²) < 4.78 is 11.0. The molecule has 6 heteroatoms. The van der Waals surface area contributed by atoms with E-state index in [9.17, 15) is 9.59 Å². The van der Waals surface area contributed by atoms with Crippen molar-refractivity contribution in [2.75, 3.05) is 27.3 Å². The fourth-order valence-electron chi connectivity index (χ4n) is 3.35. The first-order chi connectivity index (χ1) is 13.1. The lowest BCUT2D eigenvalue weighted by molar-refractivity contribution is 0.0771. The molecule has 1 aromatic carbocycles. The average Bonchev–Trinajstić information content (AvgIpc) is 2.91. The van der Waals surface area contributed by atoms with Gasteiger partial charge in [0.15, 0.2) is 11.5 Å². The Balaban J connectivity index is 1.65. The van der Waals surface area contributed by atoms with E-state index >= 15 is 0 Å². The first-order valence-corrected chi connectivity index (χ1v) is 9.36. The molecule has 2 aromatic rings. The molecule has 0 radical (unpaired) electrons. The van der Waals surface area contributed by atoms with Crippen LogP contribution in [0.1, 0.15) is 40.9 Å². The number of ether oxygens (including phenoxy) is 2. The van der Waals surface area contributed by atoms with Gasteiger partial charge in [-0.1, -0.05) is 18.6 Å². The van der Waals surface area contributed by atoms with Gasteiger partial charge in [-0.3, -0.25) is 9.59 Å². The molecule has 3 rings (SSSR count). The standard InChI is InChI=1S/C21H26N2O4/c1-23(12-13-27-19-11-7-6-10-18(19)26-2)21(25)16-14-15-8-4-3-5-9-17(15)22-20(16)24/h6-7,10-11,14H,3-5,8-9,12-13H2,1-2H3,(H,22,24). The fraction of sp³-hybridized carbons (Fsp3) is 0.429. The third kappa shape index (κ3) is 4.51. The number of likely N-dealkylation sites (N-methyl/N-ethyl adjacent to an activating group) is 1. The van der Waals surface area contributed by atoms with E-state index in [1.165, 1.54) is 4.90 Å². The Morgan fingerprint density at radius 1 is 1.15 bits per heavy atom. The lowest BCUT2D eigenvalue weighted by atomic mass is 10.1. The predicted octanol–water partition coefficient (Wildman–Crippen LogP) is 2.80. The van der Waals surface area contributed by atoms with Gasteiger partial charge in [0.05, 0.1) is 13.7 Å². The van der Waals surface area contributed by atoms with Crippen LogP contribution in [-0.4, -0.2) is 43.1 Å². The van der Waals surface area contributed by atoms with Crippen molar-refractivity contribution in [1.29, 1.82) is 0 Å². The maximum atomic E-state index is 12.7. The molecule has 144 valence electrons. The van der Waals surface area contributed by atoms with Gasteiger partial charge in [-0.25, -0.2) is 0 Å². The summed E-state index contributed by atoms with van der Waals surface area (Å²) in [7, 11) is 3.27. The Morgan fingerprint density at radius 3 is 2.67 bits per heavy atom. The minimum atomic E-state index is -0.307. The number of hydrogen-bond donors (Lipinski definition) is 1. The minimum absolute atomic E-state index is 0.204. The highest BCUT2D eigenvalue weighted by Gasteiger charge is 2.19. The van der Waals surface area contributed by atoms with Crippen molar-refractivity contribution in [3.8, 4) is 11.5 Å². The fourth-order valence-corrected chi connectivity index (χ4v) is 3.35. The molecular weight excluding hydrogens is 344 g/mol. The van der Waals surface area contributed by atoms with Gasteiger partial charge in [0, 0.05) is 12.7 Å². The van der Waals surface area contributed by atoms with Crippen LogP contribution in [0.25, 0.3) is 0 Å². The zero-order valence-electron chi connectivity index (χ0n) is 15.9. The highest BCUT2D eigenvalue weighted by atomic mass is 16.5. The van der Waals surface area contributed by atoms with Crippen molar-refractivity contribution >= 4 is 5.91 Å². The third-order valence-corrected chi connectivity index (χ3v) is 4.92. The molecule has 0 saturated carbocycles. The molecule has 1 N–H and O–H groups in total. The van der Waals surface area contributed by atoms with Crippen LogP contribution in [-0.2, 0) is 12.8 Å². The van der Waals surface area contributed by atoms with Crippen molar-refractivity contribution in [3.05, 3.63) is 57.5 Å². The van der Waals surface area contributed by atoms with Crippen molar-refractivity contribution in [2.45, 2.75) is 32.1 Å². The lowest BCUT2D eigenvalue weighted by Crippen LogP contribution is -2.35. The lowest BCUT2D eigenvalue weighted by Gasteiger charge is -2.18. The molecule has 1 amide bonds. The zero-order chi connectivity index (χ0) is 19.2. The Bertz CT molecular complexity index is 860. The molecule has 27 heavy (non-hydrogen) atoms. The van der Waals surface area contributed by atoms with Crippen LogP contribution in [0.5, 0.6) is 11.5 Å². The van der Waals surface area contributed by atoms with Crippen molar-refractivity contribution in [2.24, 2.45) is 0 Å². The number of benzene rings is 1. The van der Waals surface area contributed by atoms with E-state index in [0.717, 1.165) is 43.4 Å². The summed E-state index contributed by atoms with van der Waals surface area (Å²) in [5, 5.41) is 0. The quantitative estimate of drug-likeness (QED) is 0.794. The smallest absolute Gasteiger partial charge is 0.261 e. The van der Waals surface area contributed by atoms with Gasteiger partial charge in [0.2, 0.25) is 0 Å². The Labute approximate surface area is 159 Å². The average molecular weight is 370 g/mol. The van der Waals surface area contributed by atoms with Crippen LogP contribution in [0.2, 0.25) is 0 Å². The number of H-pyrrole nitrogens is 1. The van der Waals surface area contributed by atoms with Crippen LogP contribution in [0.4, 0.5) is 0 Å². The van der Waals surface area contributed by atoms with Crippen LogP contribution in [0.3, 0.4) is 0 Å². The third-order valence-electron chi connectivity index (χ3n) is 4.92. The van der Waals surface area contributed by atoms with E-state index in [-0.39, 0.29) is 17.0 Å². The maximum absolute atomic E-state index is 12.7. The number of pyridine rings is 1. The second-order valence-corrected chi connectivity index (χ2v) is 6.80. The summed E-state index contributed by atoms with van der Waals surface area (Å²) in [5.41, 5.74) is 1.97. The van der Waals surface area contributed by atoms with Crippen molar-refractivity contribution < 1.29 is 14.3 Å². The van der Waals surface area contributed by atoms with E-state index in [0.29, 0.717) is 24.7 Å². The number of nitrogens with zero attached hydrogens (tertiary/aromatic N) is 1. The number of amides is 1. The number of rotatable bonds is 6. The number of aromatic amines is 1. The van der Waals surface area contributed by atoms with Gasteiger partial charge in [-0.05, 0) is 49.4 Å². The number of carbonyl (C=O) groups is 1. The van der Waals surface area contributed by atoms with E-state index in [1.807, 2.05) is 24.3 Å². The van der Waals surface area contributed by atoms with Crippen molar-refractivity contribution in [3.63, 3.8) is 0 Å². The molecule has 1 aromatic heterocycles. The number of carbonyl (C=O) groups excluding carboxylic acids is 1. The number of nitrogens with one attached hydrogen (secondary N) is 1. The zero-order valence-corrected chi connectivity index (χ0v) is 15.9. The van der Waals surface area contributed by atoms with Crippen LogP contribution in [0.15, 0.2) is 35.1 Å². The predicted molar refractivity (Wildman–Crippen MR) is 104 cm³/mol. The topological polar surface area (TPSA) is 71.6 Å². The minimum Gasteiger partial charge on any atom is -0.493 e. The molecule has 0 fully saturated rings. The molecule has 0 atom stereocenters. The number of methoxy groups -OCH3 is 1. The van der Waals surface area contributed by atoms with Crippen LogP contribution < -0.4 is 15.0 Å². The molecule has 1 aliphatic carbocycles. The normalized spacial score (nSPS) is 13.4. The molecule has 0 saturated heterocycles. The van der Waals surface area contributed by atoms with Gasteiger partial charge in [-0.2, -0.15) is 0 Å². The monoisotopic (exact) mass is 370 g/mol. The number of aryl methyl sites for hydroxylation is 2. The highest BCUT2D eigenvalue weighted by molar-refractivity contribution is 5.93. The van der Waals surface area contributed by atoms with E-state index < -0.39 is 0 Å². The molecule has 6 nitrogen and oxygen atoms in total. The highest BCUT2D eigenvalue weighted by Crippen LogP contribution is 2.25. The van der Waals surface area contributed by atoms with Crippen molar-refractivity contribution in [1.82, 2.24) is 9.88 Å². The SMILES string of the molecule is COc1ccccc1OCCN(C)C(=O)c1cc2c([nH]c1=O)CCCCC2. The molecule has 0 spiro atoms. The molecule has 0 aliphatic heterocycles. The summed E-state index contributed by atoms with van der Waals surface area (Å²) in [4.78, 5) is 29.5. The second-order valence-electron chi connectivity index (χ2n) is 6.80. The number of hydrogen-bond acceptors (Lipinski definition) is 4. The van der Waals surface area contributed by atoms with Gasteiger partial charge in [-0.15, -0.1) is 0 Å². The molecule has 0 bridgehead atoms. The van der Waals surface area contributed by atoms with Gasteiger partial charge >= 0.3 is 0 Å². The summed E-state index contributed by atoms with van der Waals surface area (Å²) in [5.74, 6) is 0.990. The van der Waals surface area contributed by atoms with Gasteiger partial charge < -0.3 is 19.4 Å². The number of fused-ring (bicyclic) bond motifs is 1. The van der Waals surface area contributed by atoms with E-state index in [4.69, 9.17) is 9.47 Å². The summed E-state index contributed by atoms with van der Waals surface area (Å²) in [6, 6.07) is 9.14. The Kier molecular flexibility index (Phi) is 6.16. The first kappa shape index (κ1) is 19.0.